The van der Waals surface area contributed by atoms with Gasteiger partial charge in [-0.3, -0.25) is 0 Å². The number of rotatable bonds is 3. The van der Waals surface area contributed by atoms with Gasteiger partial charge in [-0.05, 0) is 17.7 Å². The molecule has 0 saturated carbocycles. The summed E-state index contributed by atoms with van der Waals surface area (Å²) in [5.41, 5.74) is 2.94. The monoisotopic (exact) mass is 233 g/mol. The molecule has 1 nitrogen and oxygen atoms in total. The molecule has 0 radical (unpaired) electrons. The molecule has 86 valence electrons. The maximum absolute atomic E-state index is 4.35. The third-order valence-electron chi connectivity index (χ3n) is 3.25. The van der Waals surface area contributed by atoms with Crippen molar-refractivity contribution in [2.45, 2.75) is 13.3 Å². The van der Waals surface area contributed by atoms with Crippen LogP contribution in [0.2, 0.25) is 0 Å². The van der Waals surface area contributed by atoms with Gasteiger partial charge >= 0.3 is 0 Å². The van der Waals surface area contributed by atoms with Crippen molar-refractivity contribution >= 4 is 18.3 Å². The summed E-state index contributed by atoms with van der Waals surface area (Å²) in [7, 11) is 2.17. The topological polar surface area (TPSA) is 3.24 Å². The molecule has 1 aliphatic rings. The van der Waals surface area contributed by atoms with Gasteiger partial charge in [0.15, 0.2) is 0 Å². The molecule has 0 amide bonds. The highest BCUT2D eigenvalue weighted by Gasteiger charge is 2.31. The van der Waals surface area contributed by atoms with Gasteiger partial charge in [-0.25, -0.2) is 0 Å². The molecule has 1 aromatic rings. The molecule has 0 bridgehead atoms. The van der Waals surface area contributed by atoms with Crippen molar-refractivity contribution in [1.82, 2.24) is 4.90 Å². The Hall–Kier alpha value is -0.890. The van der Waals surface area contributed by atoms with Gasteiger partial charge in [-0.15, -0.1) is 0 Å². The molecule has 2 heteroatoms. The maximum atomic E-state index is 4.35. The number of hydrogen-bond donors (Lipinski definition) is 1. The first-order chi connectivity index (χ1) is 7.64. The summed E-state index contributed by atoms with van der Waals surface area (Å²) in [5.74, 6) is 0.947. The fourth-order valence-corrected chi connectivity index (χ4v) is 2.94. The van der Waals surface area contributed by atoms with E-state index in [-0.39, 0.29) is 5.41 Å². The summed E-state index contributed by atoms with van der Waals surface area (Å²) in [6, 6.07) is 10.6. The van der Waals surface area contributed by atoms with Crippen molar-refractivity contribution < 1.29 is 0 Å². The van der Waals surface area contributed by atoms with Gasteiger partial charge in [-0.1, -0.05) is 43.3 Å². The molecule has 0 fully saturated rings. The molecule has 0 saturated heterocycles. The zero-order valence-corrected chi connectivity index (χ0v) is 10.9. The van der Waals surface area contributed by atoms with Crippen LogP contribution in [0.5, 0.6) is 0 Å². The van der Waals surface area contributed by atoms with Gasteiger partial charge in [0.25, 0.3) is 0 Å². The van der Waals surface area contributed by atoms with Gasteiger partial charge in [0.1, 0.15) is 0 Å². The Morgan fingerprint density at radius 2 is 2.00 bits per heavy atom. The van der Waals surface area contributed by atoms with Gasteiger partial charge in [0.2, 0.25) is 0 Å². The number of nitrogens with zero attached hydrogens (tertiary/aromatic N) is 1. The summed E-state index contributed by atoms with van der Waals surface area (Å²) in [5, 5.41) is 0. The van der Waals surface area contributed by atoms with Crippen molar-refractivity contribution in [2.75, 3.05) is 19.3 Å². The third kappa shape index (κ3) is 2.27. The third-order valence-corrected chi connectivity index (χ3v) is 3.47. The highest BCUT2D eigenvalue weighted by Crippen LogP contribution is 2.37. The Morgan fingerprint density at radius 1 is 1.31 bits per heavy atom. The lowest BCUT2D eigenvalue weighted by molar-refractivity contribution is 0.336. The van der Waals surface area contributed by atoms with E-state index < -0.39 is 0 Å². The van der Waals surface area contributed by atoms with E-state index in [4.69, 9.17) is 0 Å². The number of benzene rings is 1. The van der Waals surface area contributed by atoms with Gasteiger partial charge in [0, 0.05) is 24.7 Å². The minimum atomic E-state index is 0.279. The molecule has 16 heavy (non-hydrogen) atoms. The molecule has 0 aliphatic carbocycles. The molecule has 1 aliphatic heterocycles. The molecule has 0 N–H and O–H groups in total. The normalized spacial score (nSPS) is 24.7. The second-order valence-corrected chi connectivity index (χ2v) is 5.33. The van der Waals surface area contributed by atoms with Crippen LogP contribution in [-0.4, -0.2) is 24.2 Å². The predicted molar refractivity (Wildman–Crippen MR) is 73.6 cm³/mol. The lowest BCUT2D eigenvalue weighted by Gasteiger charge is -2.23. The molecular weight excluding hydrogens is 214 g/mol. The highest BCUT2D eigenvalue weighted by atomic mass is 32.1. The molecular formula is C14H19NS. The van der Waals surface area contributed by atoms with E-state index in [1.807, 2.05) is 0 Å². The highest BCUT2D eigenvalue weighted by molar-refractivity contribution is 7.80. The smallest absolute Gasteiger partial charge is 0.0403 e. The van der Waals surface area contributed by atoms with E-state index in [1.165, 1.54) is 11.3 Å². The number of hydrogen-bond acceptors (Lipinski definition) is 2. The molecule has 1 atom stereocenters. The van der Waals surface area contributed by atoms with Crippen LogP contribution in [0.1, 0.15) is 18.9 Å². The van der Waals surface area contributed by atoms with Crippen molar-refractivity contribution in [2.24, 2.45) is 5.41 Å². The van der Waals surface area contributed by atoms with E-state index in [2.05, 4.69) is 67.9 Å². The Morgan fingerprint density at radius 3 is 2.62 bits per heavy atom. The Labute approximate surface area is 104 Å². The van der Waals surface area contributed by atoms with E-state index in [9.17, 15) is 0 Å². The SMILES string of the molecule is CN1CC(C)(CCS)C=C1c1ccccc1. The van der Waals surface area contributed by atoms with Crippen LogP contribution in [0.3, 0.4) is 0 Å². The Balaban J connectivity index is 2.28. The van der Waals surface area contributed by atoms with E-state index >= 15 is 0 Å². The average molecular weight is 233 g/mol. The molecule has 0 aromatic heterocycles. The molecule has 1 aromatic carbocycles. The minimum absolute atomic E-state index is 0.279. The zero-order valence-electron chi connectivity index (χ0n) is 9.98. The first-order valence-electron chi connectivity index (χ1n) is 5.75. The summed E-state index contributed by atoms with van der Waals surface area (Å²) in [6.07, 6.45) is 3.54. The second kappa shape index (κ2) is 4.54. The van der Waals surface area contributed by atoms with Crippen molar-refractivity contribution in [3.8, 4) is 0 Å². The van der Waals surface area contributed by atoms with Gasteiger partial charge in [0.05, 0.1) is 0 Å². The summed E-state index contributed by atoms with van der Waals surface area (Å²) >= 11 is 4.35. The number of thiol groups is 1. The Bertz CT molecular complexity index is 385. The standard InChI is InChI=1S/C14H19NS/c1-14(8-9-16)10-13(15(2)11-14)12-6-4-3-5-7-12/h3-7,10,16H,8-9,11H2,1-2H3. The minimum Gasteiger partial charge on any atom is -0.373 e. The van der Waals surface area contributed by atoms with Crippen molar-refractivity contribution in [1.29, 1.82) is 0 Å². The Kier molecular flexibility index (Phi) is 3.29. The van der Waals surface area contributed by atoms with Crippen molar-refractivity contribution in [3.05, 3.63) is 42.0 Å². The summed E-state index contributed by atoms with van der Waals surface area (Å²) in [4.78, 5) is 2.35. The molecule has 1 heterocycles. The maximum Gasteiger partial charge on any atom is 0.0403 e. The van der Waals surface area contributed by atoms with Crippen LogP contribution in [0.15, 0.2) is 36.4 Å². The van der Waals surface area contributed by atoms with Crippen LogP contribution < -0.4 is 0 Å². The molecule has 1 unspecified atom stereocenters. The lowest BCUT2D eigenvalue weighted by atomic mass is 9.88. The summed E-state index contributed by atoms with van der Waals surface area (Å²) < 4.78 is 0. The van der Waals surface area contributed by atoms with Crippen LogP contribution in [-0.2, 0) is 0 Å². The van der Waals surface area contributed by atoms with Crippen LogP contribution >= 0.6 is 12.6 Å². The second-order valence-electron chi connectivity index (χ2n) is 4.88. The van der Waals surface area contributed by atoms with E-state index in [0.717, 1.165) is 18.7 Å². The van der Waals surface area contributed by atoms with Crippen LogP contribution in [0.25, 0.3) is 5.70 Å². The lowest BCUT2D eigenvalue weighted by Crippen LogP contribution is -2.23. The van der Waals surface area contributed by atoms with Crippen LogP contribution in [0.4, 0.5) is 0 Å². The van der Waals surface area contributed by atoms with Crippen LogP contribution in [0, 0.1) is 5.41 Å². The van der Waals surface area contributed by atoms with E-state index in [0.29, 0.717) is 0 Å². The van der Waals surface area contributed by atoms with Gasteiger partial charge < -0.3 is 4.90 Å². The quantitative estimate of drug-likeness (QED) is 0.784. The predicted octanol–water partition coefficient (Wildman–Crippen LogP) is 3.30. The molecule has 0 spiro atoms. The fraction of sp³-hybridized carbons (Fsp3) is 0.429. The first-order valence-corrected chi connectivity index (χ1v) is 6.38. The van der Waals surface area contributed by atoms with Crippen molar-refractivity contribution in [3.63, 3.8) is 0 Å². The fourth-order valence-electron chi connectivity index (χ4n) is 2.43. The van der Waals surface area contributed by atoms with E-state index in [1.54, 1.807) is 0 Å². The van der Waals surface area contributed by atoms with Gasteiger partial charge in [-0.2, -0.15) is 12.6 Å². The average Bonchev–Trinajstić information content (AvgIpc) is 2.56. The summed E-state index contributed by atoms with van der Waals surface area (Å²) in [6.45, 7) is 3.41. The molecule has 2 rings (SSSR count). The largest absolute Gasteiger partial charge is 0.373 e. The zero-order chi connectivity index (χ0) is 11.6. The first kappa shape index (κ1) is 11.6.